The minimum atomic E-state index is -3.50. The van der Waals surface area contributed by atoms with Crippen LogP contribution in [-0.2, 0) is 15.8 Å². The molecule has 1 unspecified atom stereocenters. The van der Waals surface area contributed by atoms with E-state index < -0.39 is 10.0 Å². The van der Waals surface area contributed by atoms with Gasteiger partial charge in [0.2, 0.25) is 10.0 Å². The largest absolute Gasteiger partial charge is 0.395 e. The van der Waals surface area contributed by atoms with E-state index in [1.807, 2.05) is 0 Å². The Morgan fingerprint density at radius 2 is 2.10 bits per heavy atom. The first-order valence-corrected chi connectivity index (χ1v) is 8.95. The number of piperidine rings is 1. The van der Waals surface area contributed by atoms with E-state index in [1.165, 1.54) is 4.31 Å². The van der Waals surface area contributed by atoms with Crippen molar-refractivity contribution < 1.29 is 13.5 Å². The summed E-state index contributed by atoms with van der Waals surface area (Å²) in [6.07, 6.45) is 2.47. The molecule has 0 amide bonds. The molecule has 0 saturated carbocycles. The van der Waals surface area contributed by atoms with E-state index in [4.69, 9.17) is 18.0 Å². The van der Waals surface area contributed by atoms with E-state index >= 15 is 0 Å². The summed E-state index contributed by atoms with van der Waals surface area (Å²) in [5, 5.41) is 9.39. The van der Waals surface area contributed by atoms with E-state index in [0.29, 0.717) is 24.1 Å². The van der Waals surface area contributed by atoms with Gasteiger partial charge in [-0.1, -0.05) is 42.9 Å². The summed E-state index contributed by atoms with van der Waals surface area (Å²) < 4.78 is 26.7. The molecular weight excluding hydrogens is 308 g/mol. The summed E-state index contributed by atoms with van der Waals surface area (Å²) in [5.74, 6) is -0.142. The Bertz CT molecular complexity index is 616. The third-order valence-corrected chi connectivity index (χ3v) is 5.85. The molecule has 1 aromatic carbocycles. The van der Waals surface area contributed by atoms with Crippen LogP contribution in [0.15, 0.2) is 24.3 Å². The molecule has 0 bridgehead atoms. The topological polar surface area (TPSA) is 83.6 Å². The lowest BCUT2D eigenvalue weighted by atomic mass is 10.1. The molecule has 1 heterocycles. The Morgan fingerprint density at radius 3 is 2.76 bits per heavy atom. The molecule has 3 N–H and O–H groups in total. The van der Waals surface area contributed by atoms with Gasteiger partial charge in [0.1, 0.15) is 4.99 Å². The fraction of sp³-hybridized carbons (Fsp3) is 0.500. The van der Waals surface area contributed by atoms with E-state index in [0.717, 1.165) is 12.8 Å². The van der Waals surface area contributed by atoms with Gasteiger partial charge >= 0.3 is 0 Å². The van der Waals surface area contributed by atoms with Gasteiger partial charge in [-0.15, -0.1) is 0 Å². The zero-order chi connectivity index (χ0) is 15.5. The van der Waals surface area contributed by atoms with Crippen LogP contribution in [0.5, 0.6) is 0 Å². The van der Waals surface area contributed by atoms with Crippen LogP contribution in [0.3, 0.4) is 0 Å². The van der Waals surface area contributed by atoms with Crippen LogP contribution in [0.25, 0.3) is 0 Å². The number of nitrogens with zero attached hydrogens (tertiary/aromatic N) is 1. The lowest BCUT2D eigenvalue weighted by Gasteiger charge is -2.33. The van der Waals surface area contributed by atoms with E-state index in [1.54, 1.807) is 24.3 Å². The molecular formula is C14H20N2O3S2. The standard InChI is InChI=1S/C14H20N2O3S2/c15-14(20)13-7-2-1-5-11(13)10-21(18,19)16-8-4-3-6-12(16)9-17/h1-2,5,7,12,17H,3-4,6,8-10H2,(H2,15,20). The van der Waals surface area contributed by atoms with Crippen molar-refractivity contribution in [3.8, 4) is 0 Å². The number of benzene rings is 1. The van der Waals surface area contributed by atoms with Crippen LogP contribution in [0.4, 0.5) is 0 Å². The predicted molar refractivity (Wildman–Crippen MR) is 86.4 cm³/mol. The highest BCUT2D eigenvalue weighted by molar-refractivity contribution is 7.88. The predicted octanol–water partition coefficient (Wildman–Crippen LogP) is 0.997. The highest BCUT2D eigenvalue weighted by atomic mass is 32.2. The van der Waals surface area contributed by atoms with Crippen LogP contribution < -0.4 is 5.73 Å². The average Bonchev–Trinajstić information content (AvgIpc) is 2.47. The summed E-state index contributed by atoms with van der Waals surface area (Å²) in [4.78, 5) is 0.193. The molecule has 1 atom stereocenters. The molecule has 5 nitrogen and oxygen atoms in total. The molecule has 0 radical (unpaired) electrons. The number of aliphatic hydroxyl groups excluding tert-OH is 1. The molecule has 1 fully saturated rings. The first-order chi connectivity index (χ1) is 9.95. The van der Waals surface area contributed by atoms with Gasteiger partial charge in [0, 0.05) is 18.2 Å². The van der Waals surface area contributed by atoms with Crippen LogP contribution in [0.2, 0.25) is 0 Å². The molecule has 7 heteroatoms. The van der Waals surface area contributed by atoms with Gasteiger partial charge in [-0.3, -0.25) is 0 Å². The molecule has 1 aromatic rings. The Labute approximate surface area is 130 Å². The van der Waals surface area contributed by atoms with Gasteiger partial charge in [-0.25, -0.2) is 8.42 Å². The van der Waals surface area contributed by atoms with Crippen molar-refractivity contribution in [1.29, 1.82) is 0 Å². The molecule has 21 heavy (non-hydrogen) atoms. The molecule has 0 aromatic heterocycles. The molecule has 1 aliphatic rings. The van der Waals surface area contributed by atoms with Gasteiger partial charge in [-0.2, -0.15) is 4.31 Å². The van der Waals surface area contributed by atoms with Gasteiger partial charge in [0.15, 0.2) is 0 Å². The number of thiocarbonyl (C=S) groups is 1. The molecule has 1 aliphatic heterocycles. The second-order valence-corrected chi connectivity index (χ2v) is 7.58. The van der Waals surface area contributed by atoms with Gasteiger partial charge in [-0.05, 0) is 18.4 Å². The number of sulfonamides is 1. The first-order valence-electron chi connectivity index (χ1n) is 6.94. The zero-order valence-corrected chi connectivity index (χ0v) is 13.4. The zero-order valence-electron chi connectivity index (χ0n) is 11.7. The number of hydrogen-bond donors (Lipinski definition) is 2. The summed E-state index contributed by atoms with van der Waals surface area (Å²) >= 11 is 4.97. The van der Waals surface area contributed by atoms with E-state index in [2.05, 4.69) is 0 Å². The van der Waals surface area contributed by atoms with Gasteiger partial charge in [0.25, 0.3) is 0 Å². The fourth-order valence-electron chi connectivity index (χ4n) is 2.69. The minimum Gasteiger partial charge on any atom is -0.395 e. The Kier molecular flexibility index (Phi) is 5.32. The van der Waals surface area contributed by atoms with Crippen LogP contribution in [-0.4, -0.2) is 42.0 Å². The first kappa shape index (κ1) is 16.4. The highest BCUT2D eigenvalue weighted by Crippen LogP contribution is 2.23. The van der Waals surface area contributed by atoms with Gasteiger partial charge in [0.05, 0.1) is 12.4 Å². The summed E-state index contributed by atoms with van der Waals surface area (Å²) in [5.41, 5.74) is 6.84. The van der Waals surface area contributed by atoms with Crippen molar-refractivity contribution in [3.63, 3.8) is 0 Å². The molecule has 116 valence electrons. The highest BCUT2D eigenvalue weighted by Gasteiger charge is 2.32. The lowest BCUT2D eigenvalue weighted by Crippen LogP contribution is -2.46. The Balaban J connectivity index is 2.27. The van der Waals surface area contributed by atoms with Crippen LogP contribution >= 0.6 is 12.2 Å². The van der Waals surface area contributed by atoms with E-state index in [9.17, 15) is 13.5 Å². The van der Waals surface area contributed by atoms with Crippen LogP contribution in [0.1, 0.15) is 30.4 Å². The van der Waals surface area contributed by atoms with Crippen molar-refractivity contribution >= 4 is 27.2 Å². The Morgan fingerprint density at radius 1 is 1.38 bits per heavy atom. The number of nitrogens with two attached hydrogens (primary N) is 1. The van der Waals surface area contributed by atoms with Crippen molar-refractivity contribution in [2.24, 2.45) is 5.73 Å². The SMILES string of the molecule is NC(=S)c1ccccc1CS(=O)(=O)N1CCCCC1CO. The second-order valence-electron chi connectivity index (χ2n) is 5.22. The van der Waals surface area contributed by atoms with Crippen molar-refractivity contribution in [2.45, 2.75) is 31.1 Å². The molecule has 1 saturated heterocycles. The van der Waals surface area contributed by atoms with Crippen molar-refractivity contribution in [3.05, 3.63) is 35.4 Å². The van der Waals surface area contributed by atoms with Crippen molar-refractivity contribution in [2.75, 3.05) is 13.2 Å². The average molecular weight is 328 g/mol. The second kappa shape index (κ2) is 6.83. The lowest BCUT2D eigenvalue weighted by molar-refractivity contribution is 0.155. The molecule has 2 rings (SSSR count). The smallest absolute Gasteiger partial charge is 0.218 e. The third kappa shape index (κ3) is 3.79. The summed E-state index contributed by atoms with van der Waals surface area (Å²) in [6, 6.07) is 6.69. The van der Waals surface area contributed by atoms with Crippen LogP contribution in [0, 0.1) is 0 Å². The fourth-order valence-corrected chi connectivity index (χ4v) is 4.73. The number of rotatable bonds is 5. The maximum atomic E-state index is 12.6. The van der Waals surface area contributed by atoms with E-state index in [-0.39, 0.29) is 23.4 Å². The monoisotopic (exact) mass is 328 g/mol. The third-order valence-electron chi connectivity index (χ3n) is 3.76. The number of aliphatic hydroxyl groups is 1. The quantitative estimate of drug-likeness (QED) is 0.788. The van der Waals surface area contributed by atoms with Crippen molar-refractivity contribution in [1.82, 2.24) is 4.31 Å². The molecule has 0 spiro atoms. The maximum Gasteiger partial charge on any atom is 0.218 e. The number of hydrogen-bond acceptors (Lipinski definition) is 4. The Hall–Kier alpha value is -1.02. The normalized spacial score (nSPS) is 20.3. The maximum absolute atomic E-state index is 12.6. The summed E-state index contributed by atoms with van der Waals surface area (Å²) in [7, 11) is -3.50. The summed E-state index contributed by atoms with van der Waals surface area (Å²) in [6.45, 7) is 0.318. The minimum absolute atomic E-state index is 0.142. The molecule has 0 aliphatic carbocycles. The van der Waals surface area contributed by atoms with Gasteiger partial charge < -0.3 is 10.8 Å².